The smallest absolute Gasteiger partial charge is 0.125 e. The van der Waals surface area contributed by atoms with Crippen LogP contribution in [-0.4, -0.2) is 19.7 Å². The van der Waals surface area contributed by atoms with Gasteiger partial charge in [0.25, 0.3) is 0 Å². The van der Waals surface area contributed by atoms with Gasteiger partial charge in [-0.1, -0.05) is 39.0 Å². The maximum Gasteiger partial charge on any atom is 0.125 e. The van der Waals surface area contributed by atoms with E-state index in [1.165, 1.54) is 11.1 Å². The van der Waals surface area contributed by atoms with E-state index in [4.69, 9.17) is 4.74 Å². The molecule has 0 saturated heterocycles. The molecule has 0 radical (unpaired) electrons. The predicted molar refractivity (Wildman–Crippen MR) is 73.7 cm³/mol. The van der Waals surface area contributed by atoms with Crippen molar-refractivity contribution >= 4 is 0 Å². The Balaban J connectivity index is 2.73. The Kier molecular flexibility index (Phi) is 4.58. The lowest BCUT2D eigenvalue weighted by Crippen LogP contribution is -2.42. The first-order valence-electron chi connectivity index (χ1n) is 6.22. The average molecular weight is 235 g/mol. The van der Waals surface area contributed by atoms with E-state index in [-0.39, 0.29) is 5.41 Å². The van der Waals surface area contributed by atoms with Crippen LogP contribution in [0.3, 0.4) is 0 Å². The van der Waals surface area contributed by atoms with Gasteiger partial charge in [0, 0.05) is 6.04 Å². The molecular formula is C15H25NO. The molecule has 2 nitrogen and oxygen atoms in total. The highest BCUT2D eigenvalue weighted by Gasteiger charge is 2.23. The average Bonchev–Trinajstić information content (AvgIpc) is 2.20. The maximum atomic E-state index is 5.98. The third-order valence-electron chi connectivity index (χ3n) is 3.20. The minimum absolute atomic E-state index is 0.200. The van der Waals surface area contributed by atoms with Crippen LogP contribution in [0.15, 0.2) is 18.2 Å². The van der Waals surface area contributed by atoms with Crippen LogP contribution < -0.4 is 10.1 Å². The Morgan fingerprint density at radius 3 is 2.12 bits per heavy atom. The summed E-state index contributed by atoms with van der Waals surface area (Å²) in [4.78, 5) is 0. The van der Waals surface area contributed by atoms with Crippen LogP contribution in [0.1, 0.15) is 31.9 Å². The van der Waals surface area contributed by atoms with Crippen LogP contribution in [0, 0.1) is 19.3 Å². The van der Waals surface area contributed by atoms with Crippen molar-refractivity contribution in [3.05, 3.63) is 29.3 Å². The van der Waals surface area contributed by atoms with Crippen LogP contribution in [-0.2, 0) is 0 Å². The number of ether oxygens (including phenoxy) is 1. The quantitative estimate of drug-likeness (QED) is 0.864. The minimum atomic E-state index is 0.200. The molecule has 0 saturated carbocycles. The summed E-state index contributed by atoms with van der Waals surface area (Å²) in [6.07, 6.45) is 0. The first kappa shape index (κ1) is 14.0. The first-order chi connectivity index (χ1) is 7.86. The third-order valence-corrected chi connectivity index (χ3v) is 3.20. The number of rotatable bonds is 4. The maximum absolute atomic E-state index is 5.98. The van der Waals surface area contributed by atoms with E-state index in [9.17, 15) is 0 Å². The van der Waals surface area contributed by atoms with Gasteiger partial charge in [-0.2, -0.15) is 0 Å². The number of hydrogen-bond acceptors (Lipinski definition) is 2. The monoisotopic (exact) mass is 235 g/mol. The van der Waals surface area contributed by atoms with Crippen molar-refractivity contribution in [2.75, 3.05) is 13.7 Å². The highest BCUT2D eigenvalue weighted by Crippen LogP contribution is 2.25. The summed E-state index contributed by atoms with van der Waals surface area (Å²) in [6, 6.07) is 6.60. The fourth-order valence-corrected chi connectivity index (χ4v) is 1.96. The zero-order valence-corrected chi connectivity index (χ0v) is 11.9. The summed E-state index contributed by atoms with van der Waals surface area (Å²) in [5.74, 6) is 1.03. The molecule has 17 heavy (non-hydrogen) atoms. The Hall–Kier alpha value is -1.02. The summed E-state index contributed by atoms with van der Waals surface area (Å²) in [6.45, 7) is 11.6. The Morgan fingerprint density at radius 2 is 1.71 bits per heavy atom. The molecule has 0 aliphatic carbocycles. The van der Waals surface area contributed by atoms with E-state index < -0.39 is 0 Å². The van der Waals surface area contributed by atoms with E-state index in [0.717, 1.165) is 5.75 Å². The molecule has 0 aliphatic heterocycles. The van der Waals surface area contributed by atoms with Crippen molar-refractivity contribution in [3.8, 4) is 5.75 Å². The van der Waals surface area contributed by atoms with Gasteiger partial charge in [0.05, 0.1) is 0 Å². The molecule has 0 aromatic heterocycles. The van der Waals surface area contributed by atoms with Crippen molar-refractivity contribution < 1.29 is 4.74 Å². The Bertz CT molecular complexity index is 345. The van der Waals surface area contributed by atoms with Gasteiger partial charge >= 0.3 is 0 Å². The Morgan fingerprint density at radius 1 is 1.18 bits per heavy atom. The molecule has 1 atom stereocenters. The van der Waals surface area contributed by atoms with Crippen LogP contribution >= 0.6 is 0 Å². The van der Waals surface area contributed by atoms with Crippen LogP contribution in [0.5, 0.6) is 5.75 Å². The highest BCUT2D eigenvalue weighted by molar-refractivity contribution is 5.39. The standard InChI is InChI=1S/C15H25NO/c1-11-8-7-9-12(2)14(11)17-10-13(16-6)15(3,4)5/h7-9,13,16H,10H2,1-6H3. The first-order valence-corrected chi connectivity index (χ1v) is 6.22. The summed E-state index contributed by atoms with van der Waals surface area (Å²) in [7, 11) is 1.99. The van der Waals surface area contributed by atoms with Crippen molar-refractivity contribution in [3.63, 3.8) is 0 Å². The van der Waals surface area contributed by atoms with E-state index in [0.29, 0.717) is 12.6 Å². The molecule has 1 rings (SSSR count). The number of likely N-dealkylation sites (N-methyl/N-ethyl adjacent to an activating group) is 1. The van der Waals surface area contributed by atoms with Gasteiger partial charge in [-0.25, -0.2) is 0 Å². The summed E-state index contributed by atoms with van der Waals surface area (Å²) >= 11 is 0. The zero-order chi connectivity index (χ0) is 13.1. The van der Waals surface area contributed by atoms with Gasteiger partial charge in [0.2, 0.25) is 0 Å². The lowest BCUT2D eigenvalue weighted by Gasteiger charge is -2.30. The van der Waals surface area contributed by atoms with Crippen molar-refractivity contribution in [1.29, 1.82) is 0 Å². The second kappa shape index (κ2) is 5.54. The van der Waals surface area contributed by atoms with Gasteiger partial charge < -0.3 is 10.1 Å². The molecule has 0 aliphatic rings. The third kappa shape index (κ3) is 3.74. The van der Waals surface area contributed by atoms with Gasteiger partial charge in [0.15, 0.2) is 0 Å². The van der Waals surface area contributed by atoms with Crippen LogP contribution in [0.4, 0.5) is 0 Å². The summed E-state index contributed by atoms with van der Waals surface area (Å²) in [5, 5.41) is 3.33. The summed E-state index contributed by atoms with van der Waals surface area (Å²) in [5.41, 5.74) is 2.60. The van der Waals surface area contributed by atoms with Crippen LogP contribution in [0.25, 0.3) is 0 Å². The van der Waals surface area contributed by atoms with E-state index in [2.05, 4.69) is 58.1 Å². The minimum Gasteiger partial charge on any atom is -0.491 e. The van der Waals surface area contributed by atoms with Crippen LogP contribution in [0.2, 0.25) is 0 Å². The van der Waals surface area contributed by atoms with Crippen molar-refractivity contribution in [2.45, 2.75) is 40.7 Å². The fraction of sp³-hybridized carbons (Fsp3) is 0.600. The topological polar surface area (TPSA) is 21.3 Å². The number of hydrogen-bond donors (Lipinski definition) is 1. The highest BCUT2D eigenvalue weighted by atomic mass is 16.5. The zero-order valence-electron chi connectivity index (χ0n) is 11.9. The molecule has 1 N–H and O–H groups in total. The van der Waals surface area contributed by atoms with E-state index in [1.54, 1.807) is 0 Å². The van der Waals surface area contributed by atoms with Gasteiger partial charge in [0.1, 0.15) is 12.4 Å². The number of nitrogens with one attached hydrogen (secondary N) is 1. The molecule has 2 heteroatoms. The number of aryl methyl sites for hydroxylation is 2. The SMILES string of the molecule is CNC(COc1c(C)cccc1C)C(C)(C)C. The number of para-hydroxylation sites is 1. The van der Waals surface area contributed by atoms with Crippen molar-refractivity contribution in [2.24, 2.45) is 5.41 Å². The van der Waals surface area contributed by atoms with Gasteiger partial charge in [-0.05, 0) is 37.4 Å². The van der Waals surface area contributed by atoms with E-state index in [1.807, 2.05) is 7.05 Å². The molecule has 96 valence electrons. The molecule has 0 spiro atoms. The fourth-order valence-electron chi connectivity index (χ4n) is 1.96. The summed E-state index contributed by atoms with van der Waals surface area (Å²) < 4.78 is 5.98. The second-order valence-corrected chi connectivity index (χ2v) is 5.74. The molecular weight excluding hydrogens is 210 g/mol. The van der Waals surface area contributed by atoms with Gasteiger partial charge in [-0.3, -0.25) is 0 Å². The number of benzene rings is 1. The molecule has 1 unspecified atom stereocenters. The lowest BCUT2D eigenvalue weighted by molar-refractivity contribution is 0.180. The second-order valence-electron chi connectivity index (χ2n) is 5.74. The molecule has 1 aromatic carbocycles. The van der Waals surface area contributed by atoms with Gasteiger partial charge in [-0.15, -0.1) is 0 Å². The largest absolute Gasteiger partial charge is 0.491 e. The normalized spacial score (nSPS) is 13.5. The van der Waals surface area contributed by atoms with Crippen molar-refractivity contribution in [1.82, 2.24) is 5.32 Å². The molecule has 1 aromatic rings. The molecule has 0 heterocycles. The molecule has 0 amide bonds. The lowest BCUT2D eigenvalue weighted by atomic mass is 9.87. The molecule has 0 bridgehead atoms. The van der Waals surface area contributed by atoms with E-state index >= 15 is 0 Å². The predicted octanol–water partition coefficient (Wildman–Crippen LogP) is 3.32. The Labute approximate surface area is 105 Å². The molecule has 0 fully saturated rings.